The van der Waals surface area contributed by atoms with Crippen molar-refractivity contribution < 1.29 is 5.11 Å². The van der Waals surface area contributed by atoms with Crippen LogP contribution in [0.3, 0.4) is 0 Å². The molecular weight excluding hydrogens is 332 g/mol. The molecule has 1 heterocycles. The van der Waals surface area contributed by atoms with Gasteiger partial charge in [-0.3, -0.25) is 0 Å². The number of nitrogens with zero attached hydrogens (tertiary/aromatic N) is 2. The van der Waals surface area contributed by atoms with E-state index >= 15 is 0 Å². The zero-order valence-corrected chi connectivity index (χ0v) is 14.4. The number of unbranched alkanes of at least 4 members (excludes halogenated alkanes) is 1. The number of nitrogens with one attached hydrogen (secondary N) is 2. The molecule has 0 saturated heterocycles. The maximum atomic E-state index is 10.0. The number of anilines is 2. The van der Waals surface area contributed by atoms with Gasteiger partial charge in [-0.2, -0.15) is 4.98 Å². The summed E-state index contributed by atoms with van der Waals surface area (Å²) >= 11 is 3.50. The molecule has 1 saturated carbocycles. The summed E-state index contributed by atoms with van der Waals surface area (Å²) in [5, 5.41) is 16.7. The van der Waals surface area contributed by atoms with E-state index < -0.39 is 5.60 Å². The van der Waals surface area contributed by atoms with Crippen molar-refractivity contribution in [2.75, 3.05) is 17.2 Å². The highest BCUT2D eigenvalue weighted by Gasteiger charge is 2.28. The predicted molar refractivity (Wildman–Crippen MR) is 89.6 cm³/mol. The van der Waals surface area contributed by atoms with E-state index in [2.05, 4.69) is 43.5 Å². The third-order valence-corrected chi connectivity index (χ3v) is 4.54. The maximum Gasteiger partial charge on any atom is 0.224 e. The van der Waals surface area contributed by atoms with Crippen LogP contribution in [0.5, 0.6) is 0 Å². The SMILES string of the molecule is CCCCNc1ncc(Br)c(N[C@H]2CC[C@@](C)(O)CC2)n1. The average Bonchev–Trinajstić information content (AvgIpc) is 2.45. The Labute approximate surface area is 135 Å². The van der Waals surface area contributed by atoms with Gasteiger partial charge in [0.05, 0.1) is 10.1 Å². The van der Waals surface area contributed by atoms with Crippen LogP contribution in [-0.4, -0.2) is 33.3 Å². The second-order valence-corrected chi connectivity index (χ2v) is 6.94. The van der Waals surface area contributed by atoms with Crippen LogP contribution in [0, 0.1) is 0 Å². The normalized spacial score (nSPS) is 25.6. The molecule has 6 heteroatoms. The van der Waals surface area contributed by atoms with Crippen LogP contribution in [0.4, 0.5) is 11.8 Å². The highest BCUT2D eigenvalue weighted by atomic mass is 79.9. The van der Waals surface area contributed by atoms with E-state index in [0.717, 1.165) is 55.4 Å². The molecule has 1 aromatic heterocycles. The monoisotopic (exact) mass is 356 g/mol. The Kier molecular flexibility index (Phi) is 5.81. The van der Waals surface area contributed by atoms with Crippen molar-refractivity contribution >= 4 is 27.7 Å². The minimum absolute atomic E-state index is 0.361. The Morgan fingerprint density at radius 3 is 2.81 bits per heavy atom. The maximum absolute atomic E-state index is 10.0. The van der Waals surface area contributed by atoms with Gasteiger partial charge in [-0.15, -0.1) is 0 Å². The molecule has 0 radical (unpaired) electrons. The van der Waals surface area contributed by atoms with Crippen molar-refractivity contribution in [2.45, 2.75) is 64.0 Å². The first-order valence-corrected chi connectivity index (χ1v) is 8.55. The van der Waals surface area contributed by atoms with Gasteiger partial charge >= 0.3 is 0 Å². The molecule has 0 unspecified atom stereocenters. The first kappa shape index (κ1) is 16.5. The predicted octanol–water partition coefficient (Wildman–Crippen LogP) is 3.56. The lowest BCUT2D eigenvalue weighted by Crippen LogP contribution is -2.36. The molecule has 1 aliphatic carbocycles. The number of halogens is 1. The topological polar surface area (TPSA) is 70.1 Å². The van der Waals surface area contributed by atoms with Crippen molar-refractivity contribution in [2.24, 2.45) is 0 Å². The van der Waals surface area contributed by atoms with Crippen molar-refractivity contribution in [3.63, 3.8) is 0 Å². The van der Waals surface area contributed by atoms with Crippen molar-refractivity contribution in [1.29, 1.82) is 0 Å². The van der Waals surface area contributed by atoms with Gasteiger partial charge in [0.25, 0.3) is 0 Å². The van der Waals surface area contributed by atoms with Crippen molar-refractivity contribution in [3.8, 4) is 0 Å². The molecular formula is C15H25BrN4O. The Hall–Kier alpha value is -0.880. The van der Waals surface area contributed by atoms with E-state index in [-0.39, 0.29) is 0 Å². The lowest BCUT2D eigenvalue weighted by atomic mass is 9.84. The number of aromatic nitrogens is 2. The zero-order chi connectivity index (χ0) is 15.3. The van der Waals surface area contributed by atoms with E-state index in [4.69, 9.17) is 0 Å². The number of hydrogen-bond acceptors (Lipinski definition) is 5. The Balaban J connectivity index is 1.94. The molecule has 21 heavy (non-hydrogen) atoms. The molecule has 0 spiro atoms. The zero-order valence-electron chi connectivity index (χ0n) is 12.8. The molecule has 0 aliphatic heterocycles. The number of rotatable bonds is 6. The molecule has 2 rings (SSSR count). The van der Waals surface area contributed by atoms with Crippen molar-refractivity contribution in [1.82, 2.24) is 9.97 Å². The van der Waals surface area contributed by atoms with Crippen LogP contribution in [0.1, 0.15) is 52.4 Å². The molecule has 3 N–H and O–H groups in total. The Morgan fingerprint density at radius 2 is 2.14 bits per heavy atom. The minimum Gasteiger partial charge on any atom is -0.390 e. The van der Waals surface area contributed by atoms with Crippen LogP contribution >= 0.6 is 15.9 Å². The van der Waals surface area contributed by atoms with Gasteiger partial charge in [0.2, 0.25) is 5.95 Å². The number of aliphatic hydroxyl groups is 1. The van der Waals surface area contributed by atoms with Gasteiger partial charge < -0.3 is 15.7 Å². The summed E-state index contributed by atoms with van der Waals surface area (Å²) in [6, 6.07) is 0.361. The molecule has 0 bridgehead atoms. The number of hydrogen-bond donors (Lipinski definition) is 3. The Bertz CT molecular complexity index is 457. The fourth-order valence-electron chi connectivity index (χ4n) is 2.51. The van der Waals surface area contributed by atoms with E-state index in [1.54, 1.807) is 6.20 Å². The molecule has 1 aromatic rings. The van der Waals surface area contributed by atoms with E-state index in [9.17, 15) is 5.11 Å². The Morgan fingerprint density at radius 1 is 1.43 bits per heavy atom. The average molecular weight is 357 g/mol. The van der Waals surface area contributed by atoms with Gasteiger partial charge in [0.1, 0.15) is 5.82 Å². The molecule has 5 nitrogen and oxygen atoms in total. The largest absolute Gasteiger partial charge is 0.390 e. The first-order valence-electron chi connectivity index (χ1n) is 7.75. The third-order valence-electron chi connectivity index (χ3n) is 3.96. The van der Waals surface area contributed by atoms with Crippen molar-refractivity contribution in [3.05, 3.63) is 10.7 Å². The first-order chi connectivity index (χ1) is 10.00. The van der Waals surface area contributed by atoms with Gasteiger partial charge in [-0.1, -0.05) is 13.3 Å². The van der Waals surface area contributed by atoms with E-state index in [1.165, 1.54) is 0 Å². The van der Waals surface area contributed by atoms with Gasteiger partial charge in [0.15, 0.2) is 0 Å². The summed E-state index contributed by atoms with van der Waals surface area (Å²) in [5.74, 6) is 1.49. The molecule has 1 fully saturated rings. The lowest BCUT2D eigenvalue weighted by molar-refractivity contribution is 0.0196. The standard InChI is InChI=1S/C15H25BrN4O/c1-3-4-9-17-14-18-10-12(16)13(20-14)19-11-5-7-15(2,21)8-6-11/h10-11,21H,3-9H2,1-2H3,(H2,17,18,19,20)/t11-,15+. The molecule has 118 valence electrons. The van der Waals surface area contributed by atoms with Gasteiger partial charge in [0, 0.05) is 18.8 Å². The van der Waals surface area contributed by atoms with Gasteiger partial charge in [-0.25, -0.2) is 4.98 Å². The van der Waals surface area contributed by atoms with Crippen LogP contribution in [0.15, 0.2) is 10.7 Å². The quantitative estimate of drug-likeness (QED) is 0.679. The molecule has 0 amide bonds. The highest BCUT2D eigenvalue weighted by Crippen LogP contribution is 2.30. The van der Waals surface area contributed by atoms with Crippen LogP contribution < -0.4 is 10.6 Å². The summed E-state index contributed by atoms with van der Waals surface area (Å²) in [6.07, 6.45) is 7.62. The third kappa shape index (κ3) is 5.11. The van der Waals surface area contributed by atoms with E-state index in [1.807, 2.05) is 6.92 Å². The minimum atomic E-state index is -0.506. The summed E-state index contributed by atoms with van der Waals surface area (Å²) in [4.78, 5) is 8.81. The van der Waals surface area contributed by atoms with Crippen LogP contribution in [0.2, 0.25) is 0 Å². The summed E-state index contributed by atoms with van der Waals surface area (Å²) < 4.78 is 0.876. The smallest absolute Gasteiger partial charge is 0.224 e. The highest BCUT2D eigenvalue weighted by molar-refractivity contribution is 9.10. The molecule has 0 atom stereocenters. The van der Waals surface area contributed by atoms with Crippen LogP contribution in [-0.2, 0) is 0 Å². The van der Waals surface area contributed by atoms with Gasteiger partial charge in [-0.05, 0) is 55.0 Å². The van der Waals surface area contributed by atoms with E-state index in [0.29, 0.717) is 12.0 Å². The summed E-state index contributed by atoms with van der Waals surface area (Å²) in [6.45, 7) is 4.97. The second kappa shape index (κ2) is 7.40. The molecule has 0 aromatic carbocycles. The second-order valence-electron chi connectivity index (χ2n) is 6.09. The lowest BCUT2D eigenvalue weighted by Gasteiger charge is -2.33. The molecule has 1 aliphatic rings. The summed E-state index contributed by atoms with van der Waals surface area (Å²) in [7, 11) is 0. The van der Waals surface area contributed by atoms with Crippen LogP contribution in [0.25, 0.3) is 0 Å². The summed E-state index contributed by atoms with van der Waals surface area (Å²) in [5.41, 5.74) is -0.506. The fourth-order valence-corrected chi connectivity index (χ4v) is 2.81. The fraction of sp³-hybridized carbons (Fsp3) is 0.733.